The topological polar surface area (TPSA) is 96.0 Å². The number of carbonyl (C=O) groups is 2. The van der Waals surface area contributed by atoms with E-state index in [1.165, 1.54) is 4.90 Å². The molecule has 0 bridgehead atoms. The Kier molecular flexibility index (Phi) is 12.1. The number of hydrogen-bond acceptors (Lipinski definition) is 5. The maximum absolute atomic E-state index is 14.3. The number of hydrogen-bond donors (Lipinski definition) is 1. The molecule has 0 radical (unpaired) electrons. The van der Waals surface area contributed by atoms with Crippen LogP contribution in [0.25, 0.3) is 0 Å². The summed E-state index contributed by atoms with van der Waals surface area (Å²) in [6, 6.07) is 19.9. The zero-order valence-electron chi connectivity index (χ0n) is 24.2. The van der Waals surface area contributed by atoms with E-state index in [0.29, 0.717) is 34.5 Å². The lowest BCUT2D eigenvalue weighted by Crippen LogP contribution is -2.53. The number of nitrogens with one attached hydrogen (secondary N) is 1. The van der Waals surface area contributed by atoms with Crippen LogP contribution in [0.1, 0.15) is 31.9 Å². The van der Waals surface area contributed by atoms with Crippen molar-refractivity contribution in [3.8, 4) is 5.75 Å². The van der Waals surface area contributed by atoms with E-state index in [2.05, 4.69) is 5.32 Å². The van der Waals surface area contributed by atoms with Crippen LogP contribution in [0.3, 0.4) is 0 Å². The van der Waals surface area contributed by atoms with Crippen molar-refractivity contribution in [2.24, 2.45) is 5.92 Å². The summed E-state index contributed by atoms with van der Waals surface area (Å²) in [5.74, 6) is -0.494. The van der Waals surface area contributed by atoms with Gasteiger partial charge in [-0.05, 0) is 42.7 Å². The summed E-state index contributed by atoms with van der Waals surface area (Å²) < 4.78 is 32.8. The third kappa shape index (κ3) is 9.11. The van der Waals surface area contributed by atoms with E-state index >= 15 is 0 Å². The standard InChI is InChI=1S/C31H37Cl2N3O5S/c1-5-41-29-17-10-9-16-27(29)36(42(4,39)40)21-30(37)35(20-24-25(32)14-11-15-26(24)33)28(31(38)34-19-22(2)3)18-23-12-7-6-8-13-23/h6-17,22,28H,5,18-21H2,1-4H3,(H,34,38)/t28-/m1/s1. The van der Waals surface area contributed by atoms with Gasteiger partial charge in [-0.3, -0.25) is 13.9 Å². The van der Waals surface area contributed by atoms with Crippen LogP contribution in [-0.4, -0.2) is 57.1 Å². The van der Waals surface area contributed by atoms with Gasteiger partial charge in [-0.1, -0.05) is 85.6 Å². The molecule has 0 heterocycles. The molecule has 0 saturated carbocycles. The summed E-state index contributed by atoms with van der Waals surface area (Å²) >= 11 is 13.0. The highest BCUT2D eigenvalue weighted by Crippen LogP contribution is 2.31. The minimum atomic E-state index is -3.95. The van der Waals surface area contributed by atoms with Crippen molar-refractivity contribution >= 4 is 50.7 Å². The first kappa shape index (κ1) is 33.2. The molecule has 0 aliphatic heterocycles. The van der Waals surface area contributed by atoms with Crippen molar-refractivity contribution < 1.29 is 22.7 Å². The molecule has 0 aliphatic carbocycles. The fraction of sp³-hybridized carbons (Fsp3) is 0.355. The fourth-order valence-corrected chi connectivity index (χ4v) is 5.74. The Morgan fingerprint density at radius 3 is 2.14 bits per heavy atom. The first-order valence-electron chi connectivity index (χ1n) is 13.7. The van der Waals surface area contributed by atoms with Gasteiger partial charge in [0.2, 0.25) is 21.8 Å². The number of benzene rings is 3. The van der Waals surface area contributed by atoms with E-state index in [1.807, 2.05) is 44.2 Å². The second kappa shape index (κ2) is 15.3. The van der Waals surface area contributed by atoms with Crippen LogP contribution >= 0.6 is 23.2 Å². The molecule has 8 nitrogen and oxygen atoms in total. The van der Waals surface area contributed by atoms with E-state index in [1.54, 1.807) is 49.4 Å². The minimum Gasteiger partial charge on any atom is -0.492 e. The minimum absolute atomic E-state index is 0.116. The predicted octanol–water partition coefficient (Wildman–Crippen LogP) is 5.57. The van der Waals surface area contributed by atoms with Crippen molar-refractivity contribution in [3.05, 3.63) is 94.0 Å². The van der Waals surface area contributed by atoms with Gasteiger partial charge in [0.15, 0.2) is 0 Å². The summed E-state index contributed by atoms with van der Waals surface area (Å²) in [5, 5.41) is 3.59. The van der Waals surface area contributed by atoms with E-state index in [0.717, 1.165) is 16.1 Å². The van der Waals surface area contributed by atoms with Crippen LogP contribution in [0, 0.1) is 5.92 Å². The van der Waals surface area contributed by atoms with Crippen LogP contribution in [0.4, 0.5) is 5.69 Å². The van der Waals surface area contributed by atoms with Crippen LogP contribution < -0.4 is 14.4 Å². The van der Waals surface area contributed by atoms with Gasteiger partial charge < -0.3 is 15.0 Å². The van der Waals surface area contributed by atoms with Crippen molar-refractivity contribution in [2.45, 2.75) is 39.8 Å². The van der Waals surface area contributed by atoms with Crippen LogP contribution in [0.5, 0.6) is 5.75 Å². The number of para-hydroxylation sites is 2. The molecule has 11 heteroatoms. The number of sulfonamides is 1. The molecule has 3 aromatic carbocycles. The summed E-state index contributed by atoms with van der Waals surface area (Å²) in [6.45, 7) is 5.73. The first-order chi connectivity index (χ1) is 19.9. The maximum atomic E-state index is 14.3. The number of carbonyl (C=O) groups excluding carboxylic acids is 2. The third-order valence-electron chi connectivity index (χ3n) is 6.46. The average Bonchev–Trinajstić information content (AvgIpc) is 2.94. The van der Waals surface area contributed by atoms with Crippen LogP contribution in [-0.2, 0) is 32.6 Å². The van der Waals surface area contributed by atoms with Gasteiger partial charge in [0, 0.05) is 35.1 Å². The van der Waals surface area contributed by atoms with Gasteiger partial charge in [-0.25, -0.2) is 8.42 Å². The summed E-state index contributed by atoms with van der Waals surface area (Å²) in [5.41, 5.74) is 1.49. The average molecular weight is 635 g/mol. The Bertz CT molecular complexity index is 1450. The van der Waals surface area contributed by atoms with Crippen LogP contribution in [0.2, 0.25) is 10.0 Å². The highest BCUT2D eigenvalue weighted by molar-refractivity contribution is 7.92. The smallest absolute Gasteiger partial charge is 0.244 e. The maximum Gasteiger partial charge on any atom is 0.244 e. The molecular weight excluding hydrogens is 597 g/mol. The second-order valence-electron chi connectivity index (χ2n) is 10.2. The lowest BCUT2D eigenvalue weighted by Gasteiger charge is -2.34. The van der Waals surface area contributed by atoms with Gasteiger partial charge >= 0.3 is 0 Å². The number of anilines is 1. The molecule has 0 aromatic heterocycles. The zero-order chi connectivity index (χ0) is 30.9. The Labute approximate surface area is 258 Å². The molecule has 0 fully saturated rings. The molecule has 0 unspecified atom stereocenters. The van der Waals surface area contributed by atoms with Gasteiger partial charge in [0.1, 0.15) is 18.3 Å². The Morgan fingerprint density at radius 1 is 0.929 bits per heavy atom. The normalized spacial score (nSPS) is 12.1. The number of nitrogens with zero attached hydrogens (tertiary/aromatic N) is 2. The molecule has 1 N–H and O–H groups in total. The molecular formula is C31H37Cl2N3O5S. The number of ether oxygens (including phenoxy) is 1. The Morgan fingerprint density at radius 2 is 1.55 bits per heavy atom. The van der Waals surface area contributed by atoms with Gasteiger partial charge in [0.05, 0.1) is 18.6 Å². The molecule has 226 valence electrons. The highest BCUT2D eigenvalue weighted by atomic mass is 35.5. The first-order valence-corrected chi connectivity index (χ1v) is 16.3. The third-order valence-corrected chi connectivity index (χ3v) is 8.29. The molecule has 3 rings (SSSR count). The van der Waals surface area contributed by atoms with Crippen LogP contribution in [0.15, 0.2) is 72.8 Å². The molecule has 2 amide bonds. The molecule has 0 aliphatic rings. The summed E-state index contributed by atoms with van der Waals surface area (Å²) in [6.07, 6.45) is 1.21. The number of halogens is 2. The van der Waals surface area contributed by atoms with Crippen molar-refractivity contribution in [1.29, 1.82) is 0 Å². The van der Waals surface area contributed by atoms with Crippen molar-refractivity contribution in [2.75, 3.05) is 30.3 Å². The lowest BCUT2D eigenvalue weighted by atomic mass is 10.0. The number of amides is 2. The van der Waals surface area contributed by atoms with Gasteiger partial charge in [-0.15, -0.1) is 0 Å². The molecule has 3 aromatic rings. The van der Waals surface area contributed by atoms with Crippen molar-refractivity contribution in [1.82, 2.24) is 10.2 Å². The van der Waals surface area contributed by atoms with E-state index in [9.17, 15) is 18.0 Å². The van der Waals surface area contributed by atoms with E-state index in [4.69, 9.17) is 27.9 Å². The predicted molar refractivity (Wildman–Crippen MR) is 169 cm³/mol. The molecule has 1 atom stereocenters. The summed E-state index contributed by atoms with van der Waals surface area (Å²) in [7, 11) is -3.95. The van der Waals surface area contributed by atoms with E-state index in [-0.39, 0.29) is 30.5 Å². The molecule has 42 heavy (non-hydrogen) atoms. The Balaban J connectivity index is 2.12. The highest BCUT2D eigenvalue weighted by Gasteiger charge is 2.34. The largest absolute Gasteiger partial charge is 0.492 e. The molecule has 0 spiro atoms. The lowest BCUT2D eigenvalue weighted by molar-refractivity contribution is -0.140. The molecule has 0 saturated heterocycles. The fourth-order valence-electron chi connectivity index (χ4n) is 4.37. The quantitative estimate of drug-likeness (QED) is 0.250. The van der Waals surface area contributed by atoms with Crippen molar-refractivity contribution in [3.63, 3.8) is 0 Å². The van der Waals surface area contributed by atoms with Gasteiger partial charge in [-0.2, -0.15) is 0 Å². The van der Waals surface area contributed by atoms with E-state index < -0.39 is 28.5 Å². The zero-order valence-corrected chi connectivity index (χ0v) is 26.5. The summed E-state index contributed by atoms with van der Waals surface area (Å²) in [4.78, 5) is 29.3. The Hall–Kier alpha value is -3.27. The van der Waals surface area contributed by atoms with Gasteiger partial charge in [0.25, 0.3) is 0 Å². The SMILES string of the molecule is CCOc1ccccc1N(CC(=O)N(Cc1c(Cl)cccc1Cl)[C@H](Cc1ccccc1)C(=O)NCC(C)C)S(C)(=O)=O. The second-order valence-corrected chi connectivity index (χ2v) is 13.0. The number of rotatable bonds is 14. The monoisotopic (exact) mass is 633 g/mol.